The molecule has 1 heterocycles. The largest absolute Gasteiger partial charge is 0.489 e. The number of rotatable bonds is 5. The predicted octanol–water partition coefficient (Wildman–Crippen LogP) is 1.54. The number of carbonyl (C=O) groups excluding carboxylic acids is 1. The summed E-state index contributed by atoms with van der Waals surface area (Å²) < 4.78 is 11.5. The Hall–Kier alpha value is -1.75. The molecule has 1 unspecified atom stereocenters. The van der Waals surface area contributed by atoms with Gasteiger partial charge in [0.1, 0.15) is 0 Å². The summed E-state index contributed by atoms with van der Waals surface area (Å²) in [6, 6.07) is 5.78. The van der Waals surface area contributed by atoms with Crippen molar-refractivity contribution < 1.29 is 14.3 Å². The molecule has 110 valence electrons. The molecule has 1 aromatic carbocycles. The summed E-state index contributed by atoms with van der Waals surface area (Å²) in [6.45, 7) is 7.46. The molecule has 1 aromatic rings. The van der Waals surface area contributed by atoms with E-state index < -0.39 is 12.0 Å². The maximum absolute atomic E-state index is 11.3. The van der Waals surface area contributed by atoms with Gasteiger partial charge in [-0.05, 0) is 19.2 Å². The summed E-state index contributed by atoms with van der Waals surface area (Å²) in [5, 5.41) is 0. The molecule has 0 spiro atoms. The average Bonchev–Trinajstić information content (AvgIpc) is 2.67. The first kappa shape index (κ1) is 14.7. The minimum absolute atomic E-state index is 0.440. The van der Waals surface area contributed by atoms with E-state index in [2.05, 4.69) is 18.7 Å². The zero-order valence-corrected chi connectivity index (χ0v) is 12.1. The lowest BCUT2D eigenvalue weighted by Crippen LogP contribution is -2.33. The molecule has 1 aliphatic rings. The Balaban J connectivity index is 2.25. The van der Waals surface area contributed by atoms with Crippen molar-refractivity contribution in [3.8, 4) is 11.5 Å². The van der Waals surface area contributed by atoms with E-state index in [-0.39, 0.29) is 0 Å². The van der Waals surface area contributed by atoms with Gasteiger partial charge in [0, 0.05) is 18.5 Å². The SMILES string of the molecule is CCN(CC)Cc1cccc2c1OCCC(C(N)=O)O2. The van der Waals surface area contributed by atoms with E-state index in [0.717, 1.165) is 30.9 Å². The maximum atomic E-state index is 11.3. The molecule has 1 atom stereocenters. The Morgan fingerprint density at radius 3 is 2.80 bits per heavy atom. The van der Waals surface area contributed by atoms with E-state index in [4.69, 9.17) is 15.2 Å². The summed E-state index contributed by atoms with van der Waals surface area (Å²) >= 11 is 0. The van der Waals surface area contributed by atoms with Gasteiger partial charge in [-0.25, -0.2) is 0 Å². The highest BCUT2D eigenvalue weighted by Crippen LogP contribution is 2.35. The van der Waals surface area contributed by atoms with Crippen LogP contribution in [0, 0.1) is 0 Å². The molecule has 0 fully saturated rings. The minimum atomic E-state index is -0.611. The molecular formula is C15H22N2O3. The predicted molar refractivity (Wildman–Crippen MR) is 76.8 cm³/mol. The topological polar surface area (TPSA) is 64.8 Å². The van der Waals surface area contributed by atoms with Crippen molar-refractivity contribution in [1.82, 2.24) is 4.90 Å². The third kappa shape index (κ3) is 3.22. The quantitative estimate of drug-likeness (QED) is 0.887. The van der Waals surface area contributed by atoms with Gasteiger partial charge in [0.05, 0.1) is 6.61 Å². The van der Waals surface area contributed by atoms with Crippen LogP contribution in [0.5, 0.6) is 11.5 Å². The van der Waals surface area contributed by atoms with E-state index in [9.17, 15) is 4.79 Å². The molecule has 1 aliphatic heterocycles. The lowest BCUT2D eigenvalue weighted by atomic mass is 10.1. The fraction of sp³-hybridized carbons (Fsp3) is 0.533. The minimum Gasteiger partial charge on any atom is -0.489 e. The molecule has 2 rings (SSSR count). The normalized spacial score (nSPS) is 17.9. The average molecular weight is 278 g/mol. The van der Waals surface area contributed by atoms with Gasteiger partial charge in [0.25, 0.3) is 5.91 Å². The Bertz CT molecular complexity index is 472. The molecular weight excluding hydrogens is 256 g/mol. The van der Waals surface area contributed by atoms with E-state index in [0.29, 0.717) is 18.8 Å². The molecule has 0 bridgehead atoms. The highest BCUT2D eigenvalue weighted by molar-refractivity contribution is 5.79. The van der Waals surface area contributed by atoms with Crippen molar-refractivity contribution in [2.24, 2.45) is 5.73 Å². The number of primary amides is 1. The van der Waals surface area contributed by atoms with Crippen LogP contribution in [0.4, 0.5) is 0 Å². The van der Waals surface area contributed by atoms with E-state index in [1.54, 1.807) is 0 Å². The van der Waals surface area contributed by atoms with Crippen molar-refractivity contribution >= 4 is 5.91 Å². The highest BCUT2D eigenvalue weighted by atomic mass is 16.5. The van der Waals surface area contributed by atoms with Crippen LogP contribution in [0.15, 0.2) is 18.2 Å². The summed E-state index contributed by atoms with van der Waals surface area (Å²) in [7, 11) is 0. The van der Waals surface area contributed by atoms with Crippen LogP contribution >= 0.6 is 0 Å². The molecule has 5 heteroatoms. The van der Waals surface area contributed by atoms with Crippen molar-refractivity contribution in [2.75, 3.05) is 19.7 Å². The lowest BCUT2D eigenvalue weighted by Gasteiger charge is -2.20. The van der Waals surface area contributed by atoms with Crippen molar-refractivity contribution in [3.63, 3.8) is 0 Å². The monoisotopic (exact) mass is 278 g/mol. The molecule has 0 aromatic heterocycles. The molecule has 0 saturated heterocycles. The number of hydrogen-bond donors (Lipinski definition) is 1. The molecule has 0 radical (unpaired) electrons. The van der Waals surface area contributed by atoms with Gasteiger partial charge in [-0.3, -0.25) is 9.69 Å². The fourth-order valence-corrected chi connectivity index (χ4v) is 2.31. The van der Waals surface area contributed by atoms with Crippen molar-refractivity contribution in [2.45, 2.75) is 32.9 Å². The second-order valence-corrected chi connectivity index (χ2v) is 4.85. The van der Waals surface area contributed by atoms with Crippen LogP contribution in [0.3, 0.4) is 0 Å². The number of nitrogens with two attached hydrogens (primary N) is 1. The van der Waals surface area contributed by atoms with E-state index in [1.807, 2.05) is 18.2 Å². The van der Waals surface area contributed by atoms with Crippen molar-refractivity contribution in [1.29, 1.82) is 0 Å². The van der Waals surface area contributed by atoms with Gasteiger partial charge < -0.3 is 15.2 Å². The fourth-order valence-electron chi connectivity index (χ4n) is 2.31. The Kier molecular flexibility index (Phi) is 4.84. The second kappa shape index (κ2) is 6.61. The van der Waals surface area contributed by atoms with E-state index >= 15 is 0 Å². The first-order chi connectivity index (χ1) is 9.65. The highest BCUT2D eigenvalue weighted by Gasteiger charge is 2.24. The number of amides is 1. The van der Waals surface area contributed by atoms with Gasteiger partial charge in [0.15, 0.2) is 17.6 Å². The number of hydrogen-bond acceptors (Lipinski definition) is 4. The third-order valence-electron chi connectivity index (χ3n) is 3.56. The Labute approximate surface area is 119 Å². The molecule has 5 nitrogen and oxygen atoms in total. The molecule has 20 heavy (non-hydrogen) atoms. The van der Waals surface area contributed by atoms with Gasteiger partial charge >= 0.3 is 0 Å². The van der Waals surface area contributed by atoms with Gasteiger partial charge in [0.2, 0.25) is 0 Å². The Morgan fingerprint density at radius 1 is 1.40 bits per heavy atom. The maximum Gasteiger partial charge on any atom is 0.258 e. The number of nitrogens with zero attached hydrogens (tertiary/aromatic N) is 1. The number of carbonyl (C=O) groups is 1. The van der Waals surface area contributed by atoms with Gasteiger partial charge in [-0.1, -0.05) is 26.0 Å². The summed E-state index contributed by atoms with van der Waals surface area (Å²) in [4.78, 5) is 13.6. The smallest absolute Gasteiger partial charge is 0.258 e. The molecule has 1 amide bonds. The standard InChI is InChI=1S/C15H22N2O3/c1-3-17(4-2)10-11-6-5-7-12-14(11)19-9-8-13(20-12)15(16)18/h5-7,13H,3-4,8-10H2,1-2H3,(H2,16,18). The van der Waals surface area contributed by atoms with Crippen LogP contribution in [-0.2, 0) is 11.3 Å². The second-order valence-electron chi connectivity index (χ2n) is 4.85. The van der Waals surface area contributed by atoms with Crippen LogP contribution in [-0.4, -0.2) is 36.6 Å². The first-order valence-electron chi connectivity index (χ1n) is 7.08. The van der Waals surface area contributed by atoms with Crippen LogP contribution in [0.2, 0.25) is 0 Å². The Morgan fingerprint density at radius 2 is 2.15 bits per heavy atom. The molecule has 0 saturated carbocycles. The summed E-state index contributed by atoms with van der Waals surface area (Å²) in [5.41, 5.74) is 6.41. The summed E-state index contributed by atoms with van der Waals surface area (Å²) in [5.74, 6) is 0.898. The van der Waals surface area contributed by atoms with Crippen LogP contribution in [0.1, 0.15) is 25.8 Å². The first-order valence-corrected chi connectivity index (χ1v) is 7.08. The lowest BCUT2D eigenvalue weighted by molar-refractivity contribution is -0.124. The van der Waals surface area contributed by atoms with Crippen LogP contribution < -0.4 is 15.2 Å². The van der Waals surface area contributed by atoms with Gasteiger partial charge in [-0.15, -0.1) is 0 Å². The third-order valence-corrected chi connectivity index (χ3v) is 3.56. The molecule has 0 aliphatic carbocycles. The molecule has 2 N–H and O–H groups in total. The number of benzene rings is 1. The zero-order chi connectivity index (χ0) is 14.5. The van der Waals surface area contributed by atoms with Crippen LogP contribution in [0.25, 0.3) is 0 Å². The van der Waals surface area contributed by atoms with E-state index in [1.165, 1.54) is 0 Å². The van der Waals surface area contributed by atoms with Gasteiger partial charge in [-0.2, -0.15) is 0 Å². The number of para-hydroxylation sites is 1. The number of fused-ring (bicyclic) bond motifs is 1. The summed E-state index contributed by atoms with van der Waals surface area (Å²) in [6.07, 6.45) is -0.130. The van der Waals surface area contributed by atoms with Crippen molar-refractivity contribution in [3.05, 3.63) is 23.8 Å². The number of ether oxygens (including phenoxy) is 2. The zero-order valence-electron chi connectivity index (χ0n) is 12.1.